The molecule has 1 aromatic carbocycles. The molecule has 3 aromatic rings. The number of aliphatic imine (C=N–C) groups is 1. The molecule has 0 amide bonds. The minimum atomic E-state index is -0.356. The molecule has 0 atom stereocenters. The summed E-state index contributed by atoms with van der Waals surface area (Å²) in [6.07, 6.45) is 7.52. The minimum Gasteiger partial charge on any atom is -0.462 e. The van der Waals surface area contributed by atoms with Crippen molar-refractivity contribution in [2.24, 2.45) is 4.99 Å². The average molecular weight is 378 g/mol. The van der Waals surface area contributed by atoms with E-state index in [4.69, 9.17) is 10.00 Å². The number of carbonyl (C=O) groups excluding carboxylic acids is 1. The predicted octanol–water partition coefficient (Wildman–Crippen LogP) is 4.20. The molecular weight excluding hydrogens is 360 g/mol. The van der Waals surface area contributed by atoms with Gasteiger partial charge < -0.3 is 9.14 Å². The van der Waals surface area contributed by atoms with Crippen LogP contribution in [0.1, 0.15) is 17.3 Å². The average Bonchev–Trinajstić information content (AvgIpc) is 3.08. The highest BCUT2D eigenvalue weighted by molar-refractivity contribution is 8.13. The van der Waals surface area contributed by atoms with E-state index < -0.39 is 0 Å². The molecule has 27 heavy (non-hydrogen) atoms. The van der Waals surface area contributed by atoms with Crippen LogP contribution in [0.2, 0.25) is 0 Å². The number of carbonyl (C=O) groups is 1. The van der Waals surface area contributed by atoms with E-state index in [1.807, 2.05) is 71.7 Å². The van der Waals surface area contributed by atoms with Gasteiger partial charge >= 0.3 is 5.97 Å². The number of esters is 1. The van der Waals surface area contributed by atoms with Gasteiger partial charge in [-0.05, 0) is 43.0 Å². The van der Waals surface area contributed by atoms with Crippen molar-refractivity contribution in [3.8, 4) is 17.3 Å². The highest BCUT2D eigenvalue weighted by atomic mass is 32.2. The van der Waals surface area contributed by atoms with E-state index in [2.05, 4.69) is 10.3 Å². The summed E-state index contributed by atoms with van der Waals surface area (Å²) in [6.45, 7) is 2.10. The minimum absolute atomic E-state index is 0.309. The maximum absolute atomic E-state index is 12.6. The van der Waals surface area contributed by atoms with E-state index in [-0.39, 0.29) is 5.97 Å². The zero-order valence-electron chi connectivity index (χ0n) is 15.0. The van der Waals surface area contributed by atoms with Gasteiger partial charge in [0, 0.05) is 18.0 Å². The first-order valence-corrected chi connectivity index (χ1v) is 9.55. The van der Waals surface area contributed by atoms with Gasteiger partial charge in [0.15, 0.2) is 11.4 Å². The number of pyridine rings is 1. The number of nitrogens with one attached hydrogen (secondary N) is 1. The van der Waals surface area contributed by atoms with E-state index in [1.165, 1.54) is 11.8 Å². The van der Waals surface area contributed by atoms with Crippen molar-refractivity contribution >= 4 is 34.1 Å². The molecule has 7 heteroatoms. The van der Waals surface area contributed by atoms with Gasteiger partial charge in [-0.15, -0.1) is 0 Å². The number of hydrogen-bond acceptors (Lipinski definition) is 5. The Kier molecular flexibility index (Phi) is 5.79. The summed E-state index contributed by atoms with van der Waals surface area (Å²) in [5, 5.41) is 11.8. The third-order valence-electron chi connectivity index (χ3n) is 3.91. The molecule has 0 aliphatic heterocycles. The van der Waals surface area contributed by atoms with Crippen molar-refractivity contribution in [3.63, 3.8) is 0 Å². The second kappa shape index (κ2) is 8.43. The van der Waals surface area contributed by atoms with Gasteiger partial charge in [-0.25, -0.2) is 9.79 Å². The van der Waals surface area contributed by atoms with Crippen LogP contribution in [0.5, 0.6) is 0 Å². The molecule has 0 saturated heterocycles. The molecule has 1 N–H and O–H groups in total. The van der Waals surface area contributed by atoms with Crippen LogP contribution in [0, 0.1) is 11.5 Å². The van der Waals surface area contributed by atoms with Gasteiger partial charge in [-0.1, -0.05) is 30.0 Å². The van der Waals surface area contributed by atoms with E-state index in [1.54, 1.807) is 6.92 Å². The first kappa shape index (κ1) is 18.5. The topological polar surface area (TPSA) is 78.9 Å². The Balaban J connectivity index is 2.13. The smallest absolute Gasteiger partial charge is 0.340 e. The third-order valence-corrected chi connectivity index (χ3v) is 4.49. The molecular formula is C20H18N4O2S. The van der Waals surface area contributed by atoms with Crippen molar-refractivity contribution in [2.45, 2.75) is 6.92 Å². The normalized spacial score (nSPS) is 11.2. The van der Waals surface area contributed by atoms with Crippen LogP contribution in [-0.2, 0) is 4.74 Å². The van der Waals surface area contributed by atoms with Gasteiger partial charge in [0.2, 0.25) is 0 Å². The molecule has 0 unspecified atom stereocenters. The molecule has 0 aliphatic carbocycles. The Bertz CT molecular complexity index is 1050. The van der Waals surface area contributed by atoms with E-state index in [0.717, 1.165) is 16.6 Å². The molecule has 0 bridgehead atoms. The summed E-state index contributed by atoms with van der Waals surface area (Å²) in [7, 11) is 0. The zero-order valence-corrected chi connectivity index (χ0v) is 15.8. The SMILES string of the molecule is CCOC(=O)c1c(-c2cccc(N=C(NC#N)SC)c2)cn2ccccc12. The van der Waals surface area contributed by atoms with Gasteiger partial charge in [-0.3, -0.25) is 5.32 Å². The summed E-state index contributed by atoms with van der Waals surface area (Å²) in [5.74, 6) is -0.356. The quantitative estimate of drug-likeness (QED) is 0.242. The predicted molar refractivity (Wildman–Crippen MR) is 108 cm³/mol. The van der Waals surface area contributed by atoms with Crippen molar-refractivity contribution in [1.29, 1.82) is 5.26 Å². The molecule has 0 saturated carbocycles. The molecule has 0 fully saturated rings. The van der Waals surface area contributed by atoms with Crippen molar-refractivity contribution in [2.75, 3.05) is 12.9 Å². The number of aromatic nitrogens is 1. The van der Waals surface area contributed by atoms with Crippen LogP contribution < -0.4 is 5.32 Å². The summed E-state index contributed by atoms with van der Waals surface area (Å²) in [5.41, 5.74) is 3.62. The molecule has 2 aromatic heterocycles. The van der Waals surface area contributed by atoms with Gasteiger partial charge in [0.1, 0.15) is 0 Å². The number of nitriles is 1. The number of nitrogens with zero attached hydrogens (tertiary/aromatic N) is 3. The standard InChI is InChI=1S/C20H18N4O2S/c1-3-26-19(25)18-16(12-24-10-5-4-9-17(18)24)14-7-6-8-15(11-14)23-20(27-2)22-13-21/h4-12H,3H2,1-2H3,(H,22,23). The lowest BCUT2D eigenvalue weighted by Crippen LogP contribution is -2.12. The molecule has 6 nitrogen and oxygen atoms in total. The van der Waals surface area contributed by atoms with Crippen molar-refractivity contribution in [1.82, 2.24) is 9.72 Å². The van der Waals surface area contributed by atoms with Crippen LogP contribution in [0.25, 0.3) is 16.6 Å². The molecule has 0 aliphatic rings. The molecule has 3 rings (SSSR count). The maximum atomic E-state index is 12.6. The fraction of sp³-hybridized carbons (Fsp3) is 0.150. The Morgan fingerprint density at radius 1 is 1.33 bits per heavy atom. The van der Waals surface area contributed by atoms with Gasteiger partial charge in [0.05, 0.1) is 23.4 Å². The van der Waals surface area contributed by atoms with E-state index in [0.29, 0.717) is 23.0 Å². The molecule has 0 radical (unpaired) electrons. The van der Waals surface area contributed by atoms with Crippen LogP contribution in [0.4, 0.5) is 5.69 Å². The molecule has 0 spiro atoms. The largest absolute Gasteiger partial charge is 0.462 e. The second-order valence-electron chi connectivity index (χ2n) is 5.54. The van der Waals surface area contributed by atoms with Crippen LogP contribution in [-0.4, -0.2) is 28.4 Å². The van der Waals surface area contributed by atoms with Crippen LogP contribution in [0.3, 0.4) is 0 Å². The fourth-order valence-electron chi connectivity index (χ4n) is 2.79. The monoisotopic (exact) mass is 378 g/mol. The second-order valence-corrected chi connectivity index (χ2v) is 6.33. The molecule has 136 valence electrons. The first-order chi connectivity index (χ1) is 13.2. The lowest BCUT2D eigenvalue weighted by Gasteiger charge is -2.06. The Labute approximate surface area is 161 Å². The summed E-state index contributed by atoms with van der Waals surface area (Å²) < 4.78 is 7.18. The van der Waals surface area contributed by atoms with E-state index in [9.17, 15) is 4.79 Å². The summed E-state index contributed by atoms with van der Waals surface area (Å²) in [4.78, 5) is 17.0. The maximum Gasteiger partial charge on any atom is 0.340 e. The summed E-state index contributed by atoms with van der Waals surface area (Å²) in [6, 6.07) is 13.2. The zero-order chi connectivity index (χ0) is 19.2. The Morgan fingerprint density at radius 2 is 2.19 bits per heavy atom. The number of ether oxygens (including phenoxy) is 1. The van der Waals surface area contributed by atoms with Gasteiger partial charge in [0.25, 0.3) is 0 Å². The number of hydrogen-bond donors (Lipinski definition) is 1. The first-order valence-electron chi connectivity index (χ1n) is 8.33. The number of benzene rings is 1. The van der Waals surface area contributed by atoms with Crippen LogP contribution in [0.15, 0.2) is 59.9 Å². The fourth-order valence-corrected chi connectivity index (χ4v) is 3.14. The number of rotatable bonds is 4. The highest BCUT2D eigenvalue weighted by Gasteiger charge is 2.20. The lowest BCUT2D eigenvalue weighted by atomic mass is 10.0. The number of amidine groups is 1. The number of thioether (sulfide) groups is 1. The Morgan fingerprint density at radius 3 is 2.93 bits per heavy atom. The van der Waals surface area contributed by atoms with Crippen molar-refractivity contribution in [3.05, 3.63) is 60.4 Å². The Hall–Kier alpha value is -3.24. The summed E-state index contributed by atoms with van der Waals surface area (Å²) >= 11 is 1.35. The van der Waals surface area contributed by atoms with E-state index >= 15 is 0 Å². The van der Waals surface area contributed by atoms with Crippen LogP contribution >= 0.6 is 11.8 Å². The lowest BCUT2D eigenvalue weighted by molar-refractivity contribution is 0.0529. The third kappa shape index (κ3) is 3.96. The van der Waals surface area contributed by atoms with Crippen molar-refractivity contribution < 1.29 is 9.53 Å². The van der Waals surface area contributed by atoms with Gasteiger partial charge in [-0.2, -0.15) is 5.26 Å². The highest BCUT2D eigenvalue weighted by Crippen LogP contribution is 2.32. The number of fused-ring (bicyclic) bond motifs is 1. The molecule has 2 heterocycles.